The van der Waals surface area contributed by atoms with Crippen LogP contribution in [-0.2, 0) is 0 Å². The molecule has 0 spiro atoms. The summed E-state index contributed by atoms with van der Waals surface area (Å²) < 4.78 is 0. The van der Waals surface area contributed by atoms with E-state index >= 15 is 0 Å². The Morgan fingerprint density at radius 2 is 2.50 bits per heavy atom. The van der Waals surface area contributed by atoms with Crippen molar-refractivity contribution in [3.05, 3.63) is 11.1 Å². The third-order valence-corrected chi connectivity index (χ3v) is 2.06. The highest BCUT2D eigenvalue weighted by Gasteiger charge is 2.09. The van der Waals surface area contributed by atoms with Crippen LogP contribution in [0.3, 0.4) is 0 Å². The molecule has 3 nitrogen and oxygen atoms in total. The van der Waals surface area contributed by atoms with Crippen molar-refractivity contribution in [1.82, 2.24) is 0 Å². The van der Waals surface area contributed by atoms with Crippen molar-refractivity contribution in [1.29, 1.82) is 0 Å². The predicted octanol–water partition coefficient (Wildman–Crippen LogP) is 0.628. The fourth-order valence-electron chi connectivity index (χ4n) is 0.944. The number of hydrogen-bond donors (Lipinski definition) is 2. The molecule has 0 aliphatic carbocycles. The molecule has 0 fully saturated rings. The van der Waals surface area contributed by atoms with E-state index in [-0.39, 0.29) is 0 Å². The van der Waals surface area contributed by atoms with Crippen molar-refractivity contribution in [3.63, 3.8) is 0 Å². The van der Waals surface area contributed by atoms with Crippen LogP contribution in [0.2, 0.25) is 0 Å². The second kappa shape index (κ2) is 3.63. The maximum atomic E-state index is 5.35. The molecule has 0 bridgehead atoms. The Kier molecular flexibility index (Phi) is 2.77. The average Bonchev–Trinajstić information content (AvgIpc) is 2.43. The van der Waals surface area contributed by atoms with Gasteiger partial charge in [-0.25, -0.2) is 0 Å². The first-order valence-corrected chi connectivity index (χ1v) is 4.08. The smallest absolute Gasteiger partial charge is 0.0590 e. The molecule has 10 heavy (non-hydrogen) atoms. The number of rotatable bonds is 2. The van der Waals surface area contributed by atoms with Crippen molar-refractivity contribution >= 4 is 17.7 Å². The van der Waals surface area contributed by atoms with Gasteiger partial charge in [0, 0.05) is 12.7 Å². The maximum Gasteiger partial charge on any atom is 0.0590 e. The van der Waals surface area contributed by atoms with Crippen molar-refractivity contribution in [2.45, 2.75) is 12.8 Å². The van der Waals surface area contributed by atoms with Crippen LogP contribution in [0.5, 0.6) is 0 Å². The Morgan fingerprint density at radius 3 is 2.90 bits per heavy atom. The van der Waals surface area contributed by atoms with E-state index in [0.29, 0.717) is 0 Å². The third kappa shape index (κ3) is 1.52. The van der Waals surface area contributed by atoms with Gasteiger partial charge >= 0.3 is 0 Å². The van der Waals surface area contributed by atoms with Crippen LogP contribution in [0, 0.1) is 0 Å². The van der Waals surface area contributed by atoms with E-state index in [4.69, 9.17) is 10.9 Å². The molecule has 4 heteroatoms. The lowest BCUT2D eigenvalue weighted by molar-refractivity contribution is 0.951. The molecule has 0 saturated heterocycles. The van der Waals surface area contributed by atoms with Crippen LogP contribution in [0.25, 0.3) is 0 Å². The number of nitrogens with zero attached hydrogens (tertiary/aromatic N) is 1. The van der Waals surface area contributed by atoms with E-state index in [1.807, 2.05) is 0 Å². The van der Waals surface area contributed by atoms with Gasteiger partial charge in [-0.1, -0.05) is 0 Å². The molecule has 0 unspecified atom stereocenters. The van der Waals surface area contributed by atoms with Crippen LogP contribution in [0.4, 0.5) is 0 Å². The molecule has 0 aromatic heterocycles. The van der Waals surface area contributed by atoms with Gasteiger partial charge < -0.3 is 5.73 Å². The molecule has 0 saturated carbocycles. The summed E-state index contributed by atoms with van der Waals surface area (Å²) in [5.41, 5.74) is 6.38. The molecule has 1 rings (SSSR count). The van der Waals surface area contributed by atoms with E-state index in [9.17, 15) is 0 Å². The Morgan fingerprint density at radius 1 is 1.70 bits per heavy atom. The molecular formula is C6H11N3S. The number of allylic oxidation sites excluding steroid dienone is 1. The van der Waals surface area contributed by atoms with Crippen LogP contribution in [0.1, 0.15) is 12.8 Å². The van der Waals surface area contributed by atoms with Gasteiger partial charge in [0.25, 0.3) is 0 Å². The Bertz CT molecular complexity index is 174. The fourth-order valence-corrected chi connectivity index (χ4v) is 1.33. The fraction of sp³-hybridized carbons (Fsp3) is 0.500. The Hall–Kier alpha value is -0.480. The van der Waals surface area contributed by atoms with E-state index in [1.165, 1.54) is 18.1 Å². The third-order valence-electron chi connectivity index (χ3n) is 1.44. The summed E-state index contributed by atoms with van der Waals surface area (Å²) in [6.07, 6.45) is 3.68. The van der Waals surface area contributed by atoms with Crippen LogP contribution < -0.4 is 10.9 Å². The number of hydrogen-bond acceptors (Lipinski definition) is 4. The van der Waals surface area contributed by atoms with E-state index in [1.54, 1.807) is 0 Å². The second-order valence-electron chi connectivity index (χ2n) is 2.08. The molecule has 0 amide bonds. The van der Waals surface area contributed by atoms with Gasteiger partial charge in [-0.05, 0) is 24.8 Å². The lowest BCUT2D eigenvalue weighted by atomic mass is 10.2. The maximum absolute atomic E-state index is 5.35. The number of nitrogens with two attached hydrogens (primary N) is 2. The molecule has 4 N–H and O–H groups in total. The first kappa shape index (κ1) is 7.63. The summed E-state index contributed by atoms with van der Waals surface area (Å²) in [6.45, 7) is 0.924. The van der Waals surface area contributed by atoms with E-state index < -0.39 is 0 Å². The first-order chi connectivity index (χ1) is 4.88. The summed E-state index contributed by atoms with van der Waals surface area (Å²) >= 11 is 1.17. The SMILES string of the molecule is N/C=C(/SN)C1=NCCC1. The van der Waals surface area contributed by atoms with E-state index in [2.05, 4.69) is 4.99 Å². The monoisotopic (exact) mass is 157 g/mol. The minimum absolute atomic E-state index is 0.914. The number of aliphatic imine (C=N–C) groups is 1. The zero-order valence-corrected chi connectivity index (χ0v) is 6.53. The molecular weight excluding hydrogens is 146 g/mol. The predicted molar refractivity (Wildman–Crippen MR) is 45.6 cm³/mol. The Balaban J connectivity index is 2.62. The minimum Gasteiger partial charge on any atom is -0.404 e. The molecule has 0 aromatic rings. The molecule has 1 aliphatic heterocycles. The van der Waals surface area contributed by atoms with Gasteiger partial charge in [0.2, 0.25) is 0 Å². The highest BCUT2D eigenvalue weighted by Crippen LogP contribution is 2.17. The van der Waals surface area contributed by atoms with Crippen LogP contribution in [-0.4, -0.2) is 12.3 Å². The lowest BCUT2D eigenvalue weighted by Gasteiger charge is -1.99. The van der Waals surface area contributed by atoms with Gasteiger partial charge in [-0.2, -0.15) is 0 Å². The lowest BCUT2D eigenvalue weighted by Crippen LogP contribution is -2.00. The van der Waals surface area contributed by atoms with Crippen molar-refractivity contribution < 1.29 is 0 Å². The molecule has 0 radical (unpaired) electrons. The largest absolute Gasteiger partial charge is 0.404 e. The summed E-state index contributed by atoms with van der Waals surface area (Å²) in [7, 11) is 0. The topological polar surface area (TPSA) is 64.4 Å². The quantitative estimate of drug-likeness (QED) is 0.578. The summed E-state index contributed by atoms with van der Waals surface area (Å²) in [5, 5.41) is 5.35. The first-order valence-electron chi connectivity index (χ1n) is 3.21. The van der Waals surface area contributed by atoms with Crippen LogP contribution >= 0.6 is 11.9 Å². The zero-order valence-electron chi connectivity index (χ0n) is 5.71. The van der Waals surface area contributed by atoms with Gasteiger partial charge in [0.15, 0.2) is 0 Å². The average molecular weight is 157 g/mol. The van der Waals surface area contributed by atoms with Crippen molar-refractivity contribution in [3.8, 4) is 0 Å². The molecule has 1 aliphatic rings. The molecule has 0 atom stereocenters. The minimum atomic E-state index is 0.914. The zero-order chi connectivity index (χ0) is 7.40. The van der Waals surface area contributed by atoms with Crippen LogP contribution in [0.15, 0.2) is 16.1 Å². The summed E-state index contributed by atoms with van der Waals surface area (Å²) in [5.74, 6) is 0. The second-order valence-corrected chi connectivity index (χ2v) is 2.76. The molecule has 56 valence electrons. The van der Waals surface area contributed by atoms with Crippen molar-refractivity contribution in [2.24, 2.45) is 15.9 Å². The van der Waals surface area contributed by atoms with Gasteiger partial charge in [0.1, 0.15) is 0 Å². The molecule has 1 heterocycles. The summed E-state index contributed by atoms with van der Waals surface area (Å²) in [4.78, 5) is 5.16. The molecule has 0 aromatic carbocycles. The summed E-state index contributed by atoms with van der Waals surface area (Å²) in [6, 6.07) is 0. The van der Waals surface area contributed by atoms with Crippen molar-refractivity contribution in [2.75, 3.05) is 6.54 Å². The standard InChI is InChI=1S/C6H11N3S/c7-4-6(10-8)5-2-1-3-9-5/h4H,1-3,7-8H2/b6-4+. The van der Waals surface area contributed by atoms with Gasteiger partial charge in [0.05, 0.1) is 10.6 Å². The normalized spacial score (nSPS) is 19.3. The highest BCUT2D eigenvalue weighted by atomic mass is 32.2. The highest BCUT2D eigenvalue weighted by molar-refractivity contribution is 8.01. The Labute approximate surface area is 64.7 Å². The van der Waals surface area contributed by atoms with Gasteiger partial charge in [-0.3, -0.25) is 10.1 Å². The van der Waals surface area contributed by atoms with Gasteiger partial charge in [-0.15, -0.1) is 0 Å². The van der Waals surface area contributed by atoms with E-state index in [0.717, 1.165) is 30.0 Å².